The fourth-order valence-corrected chi connectivity index (χ4v) is 9.41. The van der Waals surface area contributed by atoms with Gasteiger partial charge < -0.3 is 29.3 Å². The first kappa shape index (κ1) is 39.7. The average Bonchev–Trinajstić information content (AvgIpc) is 3.73. The highest BCUT2D eigenvalue weighted by Gasteiger charge is 2.77. The molecule has 3 heterocycles. The van der Waals surface area contributed by atoms with Crippen molar-refractivity contribution in [1.29, 1.82) is 0 Å². The van der Waals surface area contributed by atoms with Crippen molar-refractivity contribution in [1.82, 2.24) is 9.80 Å². The summed E-state index contributed by atoms with van der Waals surface area (Å²) >= 11 is 10.5. The summed E-state index contributed by atoms with van der Waals surface area (Å²) in [6.45, 7) is 11.7. The minimum atomic E-state index is -1.33. The van der Waals surface area contributed by atoms with Gasteiger partial charge in [-0.3, -0.25) is 19.2 Å². The van der Waals surface area contributed by atoms with Crippen LogP contribution in [0.4, 0.5) is 5.69 Å². The lowest BCUT2D eigenvalue weighted by Gasteiger charge is -2.38. The second-order valence-corrected chi connectivity index (χ2v) is 15.5. The number of rotatable bonds is 17. The van der Waals surface area contributed by atoms with E-state index in [9.17, 15) is 24.3 Å². The van der Waals surface area contributed by atoms with Gasteiger partial charge in [0.2, 0.25) is 11.8 Å². The predicted octanol–water partition coefficient (Wildman–Crippen LogP) is 6.18. The summed E-state index contributed by atoms with van der Waals surface area (Å²) in [7, 11) is 1.69. The maximum absolute atomic E-state index is 15.0. The van der Waals surface area contributed by atoms with Gasteiger partial charge in [-0.25, -0.2) is 0 Å². The van der Waals surface area contributed by atoms with E-state index in [2.05, 4.69) is 29.1 Å². The Morgan fingerprint density at radius 3 is 2.52 bits per heavy atom. The van der Waals surface area contributed by atoms with E-state index in [0.29, 0.717) is 48.4 Å². The largest absolute Gasteiger partial charge is 0.455 e. The first-order valence-electron chi connectivity index (χ1n) is 18.0. The van der Waals surface area contributed by atoms with E-state index in [4.69, 9.17) is 21.1 Å². The van der Waals surface area contributed by atoms with Crippen molar-refractivity contribution >= 4 is 56.9 Å². The number of amides is 3. The maximum Gasteiger partial charge on any atom is 0.313 e. The number of allylic oxidation sites excluding steroid dienone is 1. The van der Waals surface area contributed by atoms with Crippen LogP contribution < -0.4 is 4.90 Å². The van der Waals surface area contributed by atoms with Crippen molar-refractivity contribution in [2.45, 2.75) is 87.1 Å². The lowest BCUT2D eigenvalue weighted by molar-refractivity contribution is -0.164. The monoisotopic (exact) mass is 797 g/mol. The highest BCUT2D eigenvalue weighted by molar-refractivity contribution is 9.09. The molecule has 0 aliphatic carbocycles. The number of alkyl halides is 1. The number of hydrogen-bond acceptors (Lipinski definition) is 7. The number of para-hydroxylation sites is 1. The number of carbonyl (C=O) groups excluding carboxylic acids is 4. The van der Waals surface area contributed by atoms with E-state index >= 15 is 0 Å². The number of hydrogen-bond donors (Lipinski definition) is 1. The molecule has 3 fully saturated rings. The number of unbranched alkanes of at least 4 members (excludes halogenated alkanes) is 2. The number of anilines is 1. The molecule has 2 aromatic rings. The number of halogens is 2. The summed E-state index contributed by atoms with van der Waals surface area (Å²) in [6.07, 6.45) is 4.57. The maximum atomic E-state index is 15.0. The Balaban J connectivity index is 1.53. The number of aryl methyl sites for hydroxylation is 1. The van der Waals surface area contributed by atoms with Gasteiger partial charge in [-0.15, -0.1) is 13.2 Å². The Bertz CT molecular complexity index is 1640. The van der Waals surface area contributed by atoms with Crippen molar-refractivity contribution in [3.8, 4) is 0 Å². The standard InChI is InChI=1S/C40H49BrClN3O7/c1-6-8-20-30(47)43(5)26(4)34(27-17-11-9-12-18-27)51-39(50)31-32-37(48)45(22-13-10-14-23-46)36(40(32)24-28(41)35(31)52-40)38(49)44(21-7-2)33-25(3)16-15-19-29(33)42/h6-7,9,11-12,15-19,26,28,31-32,34-36,46H,1-2,8,10,13-14,20-24H2,3-5H3/t26-,28?,31+,32-,34+,35+,36+,40-/m1/s1. The van der Waals surface area contributed by atoms with Crippen LogP contribution in [0.1, 0.15) is 62.7 Å². The fourth-order valence-electron chi connectivity index (χ4n) is 8.15. The van der Waals surface area contributed by atoms with Gasteiger partial charge in [0.15, 0.2) is 0 Å². The van der Waals surface area contributed by atoms with E-state index in [1.165, 1.54) is 0 Å². The van der Waals surface area contributed by atoms with Crippen LogP contribution in [0, 0.1) is 18.8 Å². The summed E-state index contributed by atoms with van der Waals surface area (Å²) in [6, 6.07) is 13.0. The zero-order chi connectivity index (χ0) is 37.7. The minimum Gasteiger partial charge on any atom is -0.455 e. The van der Waals surface area contributed by atoms with Crippen LogP contribution in [0.3, 0.4) is 0 Å². The van der Waals surface area contributed by atoms with E-state index in [-0.39, 0.29) is 48.7 Å². The Labute approximate surface area is 319 Å². The number of esters is 1. The molecule has 5 rings (SSSR count). The van der Waals surface area contributed by atoms with Crippen molar-refractivity contribution in [2.75, 3.05) is 31.6 Å². The number of carbonyl (C=O) groups is 4. The molecule has 280 valence electrons. The topological polar surface area (TPSA) is 117 Å². The van der Waals surface area contributed by atoms with Crippen LogP contribution in [0.25, 0.3) is 0 Å². The highest BCUT2D eigenvalue weighted by atomic mass is 79.9. The minimum absolute atomic E-state index is 0.0157. The van der Waals surface area contributed by atoms with Crippen molar-refractivity contribution < 1.29 is 33.8 Å². The smallest absolute Gasteiger partial charge is 0.313 e. The molecular weight excluding hydrogens is 750 g/mol. The summed E-state index contributed by atoms with van der Waals surface area (Å²) in [4.78, 5) is 61.7. The van der Waals surface area contributed by atoms with Gasteiger partial charge in [-0.05, 0) is 63.1 Å². The molecule has 3 amide bonds. The first-order valence-corrected chi connectivity index (χ1v) is 19.2. The highest BCUT2D eigenvalue weighted by Crippen LogP contribution is 2.61. The molecule has 52 heavy (non-hydrogen) atoms. The Hall–Kier alpha value is -3.51. The van der Waals surface area contributed by atoms with Gasteiger partial charge in [0, 0.05) is 38.0 Å². The Morgan fingerprint density at radius 2 is 1.87 bits per heavy atom. The van der Waals surface area contributed by atoms with Crippen LogP contribution in [-0.4, -0.2) is 94.0 Å². The molecule has 0 saturated carbocycles. The molecule has 12 heteroatoms. The molecule has 2 aromatic carbocycles. The van der Waals surface area contributed by atoms with E-state index < -0.39 is 47.7 Å². The molecule has 2 bridgehead atoms. The predicted molar refractivity (Wildman–Crippen MR) is 204 cm³/mol. The van der Waals surface area contributed by atoms with Crippen molar-refractivity contribution in [3.05, 3.63) is 90.0 Å². The van der Waals surface area contributed by atoms with Gasteiger partial charge in [0.1, 0.15) is 17.7 Å². The molecule has 0 aromatic heterocycles. The second-order valence-electron chi connectivity index (χ2n) is 14.0. The lowest BCUT2D eigenvalue weighted by Crippen LogP contribution is -2.57. The second kappa shape index (κ2) is 17.1. The number of benzene rings is 2. The molecule has 3 aliphatic rings. The van der Waals surface area contributed by atoms with Gasteiger partial charge in [0.05, 0.1) is 34.7 Å². The van der Waals surface area contributed by atoms with Gasteiger partial charge >= 0.3 is 5.97 Å². The van der Waals surface area contributed by atoms with Crippen molar-refractivity contribution in [3.63, 3.8) is 0 Å². The number of aliphatic hydroxyl groups is 1. The molecule has 0 radical (unpaired) electrons. The average molecular weight is 799 g/mol. The summed E-state index contributed by atoms with van der Waals surface area (Å²) in [5.41, 5.74) is 0.675. The Morgan fingerprint density at radius 1 is 1.13 bits per heavy atom. The number of fused-ring (bicyclic) bond motifs is 1. The third-order valence-corrected chi connectivity index (χ3v) is 11.9. The summed E-state index contributed by atoms with van der Waals surface area (Å²) in [5, 5.41) is 9.81. The first-order chi connectivity index (χ1) is 24.9. The number of nitrogens with zero attached hydrogens (tertiary/aromatic N) is 3. The Kier molecular flexibility index (Phi) is 13.0. The zero-order valence-corrected chi connectivity index (χ0v) is 32.4. The normalized spacial score (nSPS) is 25.7. The van der Waals surface area contributed by atoms with Gasteiger partial charge in [-0.2, -0.15) is 0 Å². The molecule has 3 aliphatic heterocycles. The molecular formula is C40H49BrClN3O7. The molecule has 1 spiro atoms. The SMILES string of the molecule is C=CCCC(=O)N(C)[C@H](C)[C@H](OC(=O)[C@@H]1[C@H]2O[C@@]3(CC2Br)[C@H](C(=O)N(CC=C)c2c(C)cccc2Cl)N(CCCCCO)C(=O)[C@@H]13)c1ccccc1. The lowest BCUT2D eigenvalue weighted by atomic mass is 9.70. The van der Waals surface area contributed by atoms with Crippen LogP contribution in [0.2, 0.25) is 5.02 Å². The van der Waals surface area contributed by atoms with E-state index in [0.717, 1.165) is 5.56 Å². The molecule has 1 N–H and O–H groups in total. The number of likely N-dealkylation sites (N-methyl/N-ethyl adjacent to an activating group) is 1. The van der Waals surface area contributed by atoms with Crippen LogP contribution >= 0.6 is 27.5 Å². The quantitative estimate of drug-likeness (QED) is 0.0881. The number of ether oxygens (including phenoxy) is 2. The van der Waals surface area contributed by atoms with Crippen LogP contribution in [0.5, 0.6) is 0 Å². The zero-order valence-electron chi connectivity index (χ0n) is 30.1. The number of aliphatic hydroxyl groups excluding tert-OH is 1. The van der Waals surface area contributed by atoms with Crippen LogP contribution in [0.15, 0.2) is 73.8 Å². The molecule has 10 nitrogen and oxygen atoms in total. The van der Waals surface area contributed by atoms with E-state index in [1.54, 1.807) is 40.0 Å². The van der Waals surface area contributed by atoms with E-state index in [1.807, 2.05) is 56.3 Å². The summed E-state index contributed by atoms with van der Waals surface area (Å²) < 4.78 is 13.1. The van der Waals surface area contributed by atoms with Gasteiger partial charge in [0.25, 0.3) is 5.91 Å². The third kappa shape index (κ3) is 7.47. The number of likely N-dealkylation sites (tertiary alicyclic amines) is 1. The molecule has 3 saturated heterocycles. The summed E-state index contributed by atoms with van der Waals surface area (Å²) in [5.74, 6) is -3.46. The van der Waals surface area contributed by atoms with Crippen molar-refractivity contribution in [2.24, 2.45) is 11.8 Å². The molecule has 8 atom stereocenters. The fraction of sp³-hybridized carbons (Fsp3) is 0.500. The van der Waals surface area contributed by atoms with Crippen LogP contribution in [-0.2, 0) is 28.7 Å². The van der Waals surface area contributed by atoms with Gasteiger partial charge in [-0.1, -0.05) is 82.1 Å². The molecule has 1 unspecified atom stereocenters. The third-order valence-electron chi connectivity index (χ3n) is 10.8.